The number of likely N-dealkylation sites (N-methyl/N-ethyl adjacent to an activating group) is 1. The molecule has 1 saturated heterocycles. The monoisotopic (exact) mass is 286 g/mol. The van der Waals surface area contributed by atoms with Gasteiger partial charge in [-0.3, -0.25) is 0 Å². The van der Waals surface area contributed by atoms with Gasteiger partial charge in [0.05, 0.1) is 6.61 Å². The summed E-state index contributed by atoms with van der Waals surface area (Å²) in [5.41, 5.74) is -0.0751. The van der Waals surface area contributed by atoms with Gasteiger partial charge in [0, 0.05) is 25.3 Å². The Labute approximate surface area is 124 Å². The van der Waals surface area contributed by atoms with Gasteiger partial charge in [-0.05, 0) is 58.2 Å². The first kappa shape index (κ1) is 17.9. The Morgan fingerprint density at radius 2 is 2.00 bits per heavy atom. The summed E-state index contributed by atoms with van der Waals surface area (Å²) < 4.78 is 5.41. The number of nitrogens with one attached hydrogen (secondary N) is 1. The zero-order valence-electron chi connectivity index (χ0n) is 13.7. The van der Waals surface area contributed by atoms with Crippen LogP contribution in [0.15, 0.2) is 0 Å². The van der Waals surface area contributed by atoms with Gasteiger partial charge in [0.15, 0.2) is 0 Å². The summed E-state index contributed by atoms with van der Waals surface area (Å²) in [4.78, 5) is 2.44. The predicted octanol–water partition coefficient (Wildman–Crippen LogP) is 1.88. The quantitative estimate of drug-likeness (QED) is 0.643. The van der Waals surface area contributed by atoms with Crippen LogP contribution in [0, 0.1) is 5.92 Å². The molecule has 0 amide bonds. The zero-order chi connectivity index (χ0) is 14.8. The topological polar surface area (TPSA) is 44.7 Å². The molecule has 0 bridgehead atoms. The lowest BCUT2D eigenvalue weighted by Gasteiger charge is -2.33. The van der Waals surface area contributed by atoms with E-state index in [0.717, 1.165) is 51.5 Å². The molecule has 1 heterocycles. The Morgan fingerprint density at radius 1 is 1.30 bits per heavy atom. The number of hydrogen-bond acceptors (Lipinski definition) is 4. The van der Waals surface area contributed by atoms with Crippen molar-refractivity contribution in [1.82, 2.24) is 10.2 Å². The molecule has 20 heavy (non-hydrogen) atoms. The van der Waals surface area contributed by atoms with Crippen LogP contribution >= 0.6 is 0 Å². The minimum absolute atomic E-state index is 0.0751. The fraction of sp³-hybridized carbons (Fsp3) is 1.00. The number of ether oxygens (including phenoxy) is 1. The fourth-order valence-electron chi connectivity index (χ4n) is 3.16. The van der Waals surface area contributed by atoms with E-state index in [0.29, 0.717) is 0 Å². The van der Waals surface area contributed by atoms with Gasteiger partial charge in [-0.15, -0.1) is 0 Å². The van der Waals surface area contributed by atoms with E-state index in [2.05, 4.69) is 31.1 Å². The lowest BCUT2D eigenvalue weighted by atomic mass is 9.91. The minimum Gasteiger partial charge on any atom is -0.394 e. The van der Waals surface area contributed by atoms with Crippen molar-refractivity contribution in [3.05, 3.63) is 0 Å². The highest BCUT2D eigenvalue weighted by atomic mass is 16.5. The molecule has 0 aromatic carbocycles. The summed E-state index contributed by atoms with van der Waals surface area (Å²) in [6.07, 6.45) is 5.59. The van der Waals surface area contributed by atoms with Gasteiger partial charge in [-0.1, -0.05) is 13.8 Å². The number of hydrogen-bond donors (Lipinski definition) is 2. The van der Waals surface area contributed by atoms with E-state index in [1.807, 2.05) is 0 Å². The first-order valence-corrected chi connectivity index (χ1v) is 8.28. The lowest BCUT2D eigenvalue weighted by Crippen LogP contribution is -2.48. The average Bonchev–Trinajstić information content (AvgIpc) is 2.47. The Hall–Kier alpha value is -0.160. The van der Waals surface area contributed by atoms with E-state index in [1.165, 1.54) is 19.4 Å². The molecule has 0 saturated carbocycles. The normalized spacial score (nSPS) is 20.2. The highest BCUT2D eigenvalue weighted by molar-refractivity contribution is 4.85. The Morgan fingerprint density at radius 3 is 2.55 bits per heavy atom. The number of aliphatic hydroxyl groups excluding tert-OH is 1. The minimum atomic E-state index is -0.0751. The molecule has 1 fully saturated rings. The SMILES string of the molecule is CCNC(CC)(CO)CCCN(C)CC1CCOCC1. The van der Waals surface area contributed by atoms with Crippen LogP contribution in [-0.2, 0) is 4.74 Å². The van der Waals surface area contributed by atoms with Crippen LogP contribution in [0.3, 0.4) is 0 Å². The van der Waals surface area contributed by atoms with E-state index in [-0.39, 0.29) is 12.1 Å². The highest BCUT2D eigenvalue weighted by Gasteiger charge is 2.25. The van der Waals surface area contributed by atoms with Gasteiger partial charge in [0.25, 0.3) is 0 Å². The van der Waals surface area contributed by atoms with Crippen molar-refractivity contribution in [3.8, 4) is 0 Å². The molecular formula is C16H34N2O2. The highest BCUT2D eigenvalue weighted by Crippen LogP contribution is 2.19. The largest absolute Gasteiger partial charge is 0.394 e. The van der Waals surface area contributed by atoms with Gasteiger partial charge in [-0.25, -0.2) is 0 Å². The van der Waals surface area contributed by atoms with Crippen LogP contribution in [-0.4, -0.2) is 62.0 Å². The van der Waals surface area contributed by atoms with Crippen LogP contribution in [0.5, 0.6) is 0 Å². The molecule has 1 aliphatic heterocycles. The van der Waals surface area contributed by atoms with Gasteiger partial charge >= 0.3 is 0 Å². The molecule has 0 spiro atoms. The maximum absolute atomic E-state index is 9.64. The maximum Gasteiger partial charge on any atom is 0.0613 e. The van der Waals surface area contributed by atoms with Crippen LogP contribution in [0.4, 0.5) is 0 Å². The summed E-state index contributed by atoms with van der Waals surface area (Å²) in [6, 6.07) is 0. The molecule has 1 unspecified atom stereocenters. The van der Waals surface area contributed by atoms with Crippen molar-refractivity contribution in [2.75, 3.05) is 46.5 Å². The molecular weight excluding hydrogens is 252 g/mol. The Bertz CT molecular complexity index is 239. The van der Waals surface area contributed by atoms with E-state index >= 15 is 0 Å². The van der Waals surface area contributed by atoms with Crippen molar-refractivity contribution in [2.24, 2.45) is 5.92 Å². The van der Waals surface area contributed by atoms with Crippen LogP contribution < -0.4 is 5.32 Å². The first-order chi connectivity index (χ1) is 9.65. The van der Waals surface area contributed by atoms with Gasteiger partial charge in [0.1, 0.15) is 0 Å². The molecule has 1 rings (SSSR count). The predicted molar refractivity (Wildman–Crippen MR) is 84.1 cm³/mol. The summed E-state index contributed by atoms with van der Waals surface area (Å²) in [5.74, 6) is 0.802. The summed E-state index contributed by atoms with van der Waals surface area (Å²) in [6.45, 7) is 9.59. The summed E-state index contributed by atoms with van der Waals surface area (Å²) in [7, 11) is 2.22. The smallest absolute Gasteiger partial charge is 0.0613 e. The van der Waals surface area contributed by atoms with Crippen molar-refractivity contribution < 1.29 is 9.84 Å². The third-order valence-corrected chi connectivity index (χ3v) is 4.64. The zero-order valence-corrected chi connectivity index (χ0v) is 13.7. The molecule has 4 nitrogen and oxygen atoms in total. The van der Waals surface area contributed by atoms with Gasteiger partial charge in [0.2, 0.25) is 0 Å². The van der Waals surface area contributed by atoms with Crippen molar-refractivity contribution in [1.29, 1.82) is 0 Å². The van der Waals surface area contributed by atoms with E-state index in [4.69, 9.17) is 4.74 Å². The molecule has 0 aromatic heterocycles. The summed E-state index contributed by atoms with van der Waals surface area (Å²) >= 11 is 0. The van der Waals surface area contributed by atoms with E-state index < -0.39 is 0 Å². The molecule has 4 heteroatoms. The second kappa shape index (κ2) is 9.72. The number of aliphatic hydroxyl groups is 1. The van der Waals surface area contributed by atoms with Crippen LogP contribution in [0.25, 0.3) is 0 Å². The average molecular weight is 286 g/mol. The van der Waals surface area contributed by atoms with Gasteiger partial charge in [-0.2, -0.15) is 0 Å². The molecule has 1 atom stereocenters. The third-order valence-electron chi connectivity index (χ3n) is 4.64. The van der Waals surface area contributed by atoms with Crippen LogP contribution in [0.2, 0.25) is 0 Å². The number of rotatable bonds is 10. The molecule has 120 valence electrons. The Kier molecular flexibility index (Phi) is 8.69. The van der Waals surface area contributed by atoms with E-state index in [9.17, 15) is 5.11 Å². The second-order valence-electron chi connectivity index (χ2n) is 6.24. The van der Waals surface area contributed by atoms with Crippen molar-refractivity contribution >= 4 is 0 Å². The number of nitrogens with zero attached hydrogens (tertiary/aromatic N) is 1. The van der Waals surface area contributed by atoms with Crippen molar-refractivity contribution in [3.63, 3.8) is 0 Å². The molecule has 0 radical (unpaired) electrons. The van der Waals surface area contributed by atoms with Crippen LogP contribution in [0.1, 0.15) is 46.0 Å². The molecule has 0 aliphatic carbocycles. The fourth-order valence-corrected chi connectivity index (χ4v) is 3.16. The molecule has 2 N–H and O–H groups in total. The third kappa shape index (κ3) is 6.08. The second-order valence-corrected chi connectivity index (χ2v) is 6.24. The van der Waals surface area contributed by atoms with E-state index in [1.54, 1.807) is 0 Å². The lowest BCUT2D eigenvalue weighted by molar-refractivity contribution is 0.0550. The first-order valence-electron chi connectivity index (χ1n) is 8.28. The molecule has 0 aromatic rings. The van der Waals surface area contributed by atoms with Gasteiger partial charge < -0.3 is 20.1 Å². The maximum atomic E-state index is 9.64. The van der Waals surface area contributed by atoms with Crippen molar-refractivity contribution in [2.45, 2.75) is 51.5 Å². The summed E-state index contributed by atoms with van der Waals surface area (Å²) in [5, 5.41) is 13.1. The molecule has 1 aliphatic rings. The Balaban J connectivity index is 2.23. The standard InChI is InChI=1S/C16H34N2O2/c1-4-16(14-19,17-5-2)9-6-10-18(3)13-15-7-11-20-12-8-15/h15,17,19H,4-14H2,1-3H3.